The predicted octanol–water partition coefficient (Wildman–Crippen LogP) is 3.74. The lowest BCUT2D eigenvalue weighted by Gasteiger charge is -2.49. The summed E-state index contributed by atoms with van der Waals surface area (Å²) >= 11 is 0. The van der Waals surface area contributed by atoms with Crippen LogP contribution in [0.15, 0.2) is 36.4 Å². The van der Waals surface area contributed by atoms with E-state index >= 15 is 0 Å². The number of rotatable bonds is 10. The molecule has 2 N–H and O–H groups in total. The highest BCUT2D eigenvalue weighted by molar-refractivity contribution is 5.86. The highest BCUT2D eigenvalue weighted by Gasteiger charge is 2.50. The maximum absolute atomic E-state index is 13.9. The summed E-state index contributed by atoms with van der Waals surface area (Å²) in [6, 6.07) is 9.97. The standard InChI is InChI=1S/C32H46N2O6/c1-29(2)22-39-30(3,4)40-25(29)26(35)33-21-24(27(36)37)32(19-9-6-10-20-32)34-28(38)31(17-12-18-31)16-11-15-23-13-7-5-8-14-23/h5,7-8,11,13-15,24-25H,6,9-10,12,16-22H2,1-4H3,(H,33,35)(H,34,38)(H,36,37)/p-1/b15-11+. The number of amides is 2. The molecule has 1 saturated heterocycles. The fourth-order valence-electron chi connectivity index (χ4n) is 6.34. The molecule has 1 aliphatic heterocycles. The Morgan fingerprint density at radius 3 is 2.27 bits per heavy atom. The van der Waals surface area contributed by atoms with Crippen molar-refractivity contribution >= 4 is 23.9 Å². The van der Waals surface area contributed by atoms with Crippen LogP contribution in [-0.2, 0) is 23.9 Å². The monoisotopic (exact) mass is 553 g/mol. The Morgan fingerprint density at radius 1 is 1.00 bits per heavy atom. The van der Waals surface area contributed by atoms with Gasteiger partial charge in [0.15, 0.2) is 5.79 Å². The molecule has 3 fully saturated rings. The van der Waals surface area contributed by atoms with Gasteiger partial charge in [-0.25, -0.2) is 0 Å². The van der Waals surface area contributed by atoms with Crippen molar-refractivity contribution in [2.75, 3.05) is 13.2 Å². The van der Waals surface area contributed by atoms with Gasteiger partial charge in [-0.3, -0.25) is 9.59 Å². The molecule has 3 aliphatic rings. The summed E-state index contributed by atoms with van der Waals surface area (Å²) in [6.45, 7) is 7.48. The van der Waals surface area contributed by atoms with Crippen LogP contribution in [0.2, 0.25) is 0 Å². The SMILES string of the molecule is CC1(C)OCC(C)(C)C(C(=O)NCC(C(=O)[O-])C2(NC(=O)C3(C/C=C/c4ccccc4)CCC3)CCCCC2)O1. The molecule has 2 atom stereocenters. The smallest absolute Gasteiger partial charge is 0.249 e. The van der Waals surface area contributed by atoms with Gasteiger partial charge in [0.05, 0.1) is 12.0 Å². The molecule has 40 heavy (non-hydrogen) atoms. The van der Waals surface area contributed by atoms with E-state index < -0.39 is 40.1 Å². The molecule has 2 aliphatic carbocycles. The summed E-state index contributed by atoms with van der Waals surface area (Å²) in [5.74, 6) is -3.72. The molecule has 0 radical (unpaired) electrons. The molecule has 0 spiro atoms. The van der Waals surface area contributed by atoms with Gasteiger partial charge in [-0.1, -0.05) is 82.0 Å². The zero-order valence-electron chi connectivity index (χ0n) is 24.4. The van der Waals surface area contributed by atoms with Gasteiger partial charge in [-0.2, -0.15) is 0 Å². The van der Waals surface area contributed by atoms with Crippen LogP contribution in [0.1, 0.15) is 91.0 Å². The first-order valence-corrected chi connectivity index (χ1v) is 14.7. The number of carboxylic acids is 1. The number of hydrogen-bond acceptors (Lipinski definition) is 6. The Bertz CT molecular complexity index is 1090. The Hall–Kier alpha value is -2.71. The van der Waals surface area contributed by atoms with Crippen molar-refractivity contribution < 1.29 is 29.0 Å². The Kier molecular flexibility index (Phi) is 9.10. The second kappa shape index (κ2) is 12.0. The number of allylic oxidation sites excluding steroid dienone is 1. The Morgan fingerprint density at radius 2 is 1.68 bits per heavy atom. The number of carbonyl (C=O) groups excluding carboxylic acids is 3. The van der Waals surface area contributed by atoms with Crippen LogP contribution in [0.25, 0.3) is 6.08 Å². The number of hydrogen-bond donors (Lipinski definition) is 2. The molecule has 2 saturated carbocycles. The number of carbonyl (C=O) groups is 3. The molecular formula is C32H45N2O6-. The predicted molar refractivity (Wildman–Crippen MR) is 151 cm³/mol. The van der Waals surface area contributed by atoms with Crippen molar-refractivity contribution in [2.45, 2.75) is 103 Å². The number of aliphatic carboxylic acids is 1. The zero-order valence-corrected chi connectivity index (χ0v) is 24.4. The first-order chi connectivity index (χ1) is 18.9. The van der Waals surface area contributed by atoms with Crippen molar-refractivity contribution in [3.8, 4) is 0 Å². The van der Waals surface area contributed by atoms with Gasteiger partial charge in [-0.05, 0) is 51.5 Å². The van der Waals surface area contributed by atoms with E-state index in [2.05, 4.69) is 16.7 Å². The fraction of sp³-hybridized carbons (Fsp3) is 0.656. The van der Waals surface area contributed by atoms with E-state index in [9.17, 15) is 19.5 Å². The summed E-state index contributed by atoms with van der Waals surface area (Å²) in [5, 5.41) is 18.7. The average molecular weight is 554 g/mol. The molecular weight excluding hydrogens is 508 g/mol. The molecule has 2 amide bonds. The highest BCUT2D eigenvalue weighted by atomic mass is 16.7. The largest absolute Gasteiger partial charge is 0.550 e. The maximum Gasteiger partial charge on any atom is 0.249 e. The third kappa shape index (κ3) is 6.77. The van der Waals surface area contributed by atoms with E-state index in [1.54, 1.807) is 13.8 Å². The van der Waals surface area contributed by atoms with Gasteiger partial charge in [0.2, 0.25) is 11.8 Å². The lowest BCUT2D eigenvalue weighted by Crippen LogP contribution is -2.65. The third-order valence-electron chi connectivity index (χ3n) is 9.09. The highest BCUT2D eigenvalue weighted by Crippen LogP contribution is 2.46. The van der Waals surface area contributed by atoms with Crippen molar-refractivity contribution in [2.24, 2.45) is 16.7 Å². The van der Waals surface area contributed by atoms with Gasteiger partial charge >= 0.3 is 0 Å². The van der Waals surface area contributed by atoms with Gasteiger partial charge in [0, 0.05) is 29.4 Å². The van der Waals surface area contributed by atoms with E-state index in [0.717, 1.165) is 44.1 Å². The summed E-state index contributed by atoms with van der Waals surface area (Å²) < 4.78 is 11.7. The first kappa shape index (κ1) is 30.3. The number of nitrogens with one attached hydrogen (secondary N) is 2. The summed E-state index contributed by atoms with van der Waals surface area (Å²) in [6.07, 6.45) is 10.1. The van der Waals surface area contributed by atoms with E-state index in [0.29, 0.717) is 25.9 Å². The maximum atomic E-state index is 13.9. The summed E-state index contributed by atoms with van der Waals surface area (Å²) in [7, 11) is 0. The number of ether oxygens (including phenoxy) is 2. The molecule has 220 valence electrons. The number of carboxylic acid groups (broad SMARTS) is 1. The molecule has 8 heteroatoms. The first-order valence-electron chi connectivity index (χ1n) is 14.7. The average Bonchev–Trinajstić information content (AvgIpc) is 2.88. The van der Waals surface area contributed by atoms with Crippen LogP contribution in [0.4, 0.5) is 0 Å². The Labute approximate surface area is 238 Å². The van der Waals surface area contributed by atoms with Crippen molar-refractivity contribution in [3.05, 3.63) is 42.0 Å². The van der Waals surface area contributed by atoms with Gasteiger partial charge < -0.3 is 30.0 Å². The fourth-order valence-corrected chi connectivity index (χ4v) is 6.34. The zero-order chi connectivity index (χ0) is 29.0. The van der Waals surface area contributed by atoms with Crippen LogP contribution < -0.4 is 15.7 Å². The normalized spacial score (nSPS) is 25.4. The molecule has 0 bridgehead atoms. The molecule has 1 aromatic rings. The molecule has 0 aromatic heterocycles. The van der Waals surface area contributed by atoms with Crippen molar-refractivity contribution in [1.29, 1.82) is 0 Å². The molecule has 2 unspecified atom stereocenters. The van der Waals surface area contributed by atoms with E-state index in [-0.39, 0.29) is 18.4 Å². The molecule has 8 nitrogen and oxygen atoms in total. The van der Waals surface area contributed by atoms with Crippen LogP contribution in [0, 0.1) is 16.7 Å². The minimum absolute atomic E-state index is 0.0911. The van der Waals surface area contributed by atoms with Gasteiger partial charge in [0.25, 0.3) is 0 Å². The molecule has 4 rings (SSSR count). The van der Waals surface area contributed by atoms with E-state index in [1.165, 1.54) is 0 Å². The lowest BCUT2D eigenvalue weighted by atomic mass is 9.64. The van der Waals surface area contributed by atoms with E-state index in [4.69, 9.17) is 9.47 Å². The molecule has 1 aromatic carbocycles. The quantitative estimate of drug-likeness (QED) is 0.456. The van der Waals surface area contributed by atoms with Crippen LogP contribution in [0.5, 0.6) is 0 Å². The second-order valence-electron chi connectivity index (χ2n) is 13.1. The van der Waals surface area contributed by atoms with Crippen molar-refractivity contribution in [3.63, 3.8) is 0 Å². The summed E-state index contributed by atoms with van der Waals surface area (Å²) in [4.78, 5) is 39.7. The number of benzene rings is 1. The second-order valence-corrected chi connectivity index (χ2v) is 13.1. The van der Waals surface area contributed by atoms with Crippen molar-refractivity contribution in [1.82, 2.24) is 10.6 Å². The summed E-state index contributed by atoms with van der Waals surface area (Å²) in [5.41, 5.74) is -1.02. The van der Waals surface area contributed by atoms with Crippen LogP contribution >= 0.6 is 0 Å². The van der Waals surface area contributed by atoms with Crippen LogP contribution in [0.3, 0.4) is 0 Å². The third-order valence-corrected chi connectivity index (χ3v) is 9.09. The lowest BCUT2D eigenvalue weighted by molar-refractivity contribution is -0.314. The minimum atomic E-state index is -1.26. The minimum Gasteiger partial charge on any atom is -0.550 e. The van der Waals surface area contributed by atoms with Crippen LogP contribution in [-0.4, -0.2) is 48.4 Å². The van der Waals surface area contributed by atoms with Gasteiger partial charge in [0.1, 0.15) is 6.10 Å². The molecule has 1 heterocycles. The topological polar surface area (TPSA) is 117 Å². The van der Waals surface area contributed by atoms with Gasteiger partial charge in [-0.15, -0.1) is 0 Å². The Balaban J connectivity index is 1.48. The van der Waals surface area contributed by atoms with E-state index in [1.807, 2.05) is 50.3 Å².